The van der Waals surface area contributed by atoms with Crippen molar-refractivity contribution in [2.75, 3.05) is 6.61 Å². The maximum absolute atomic E-state index is 9.86. The topological polar surface area (TPSA) is 129 Å². The molecule has 9 heteroatoms. The second-order valence-electron chi connectivity index (χ2n) is 4.25. The second kappa shape index (κ2) is 4.70. The van der Waals surface area contributed by atoms with Crippen LogP contribution in [0.2, 0.25) is 0 Å². The van der Waals surface area contributed by atoms with Crippen LogP contribution in [0.5, 0.6) is 0 Å². The summed E-state index contributed by atoms with van der Waals surface area (Å²) in [6, 6.07) is 1.71. The van der Waals surface area contributed by atoms with Crippen LogP contribution < -0.4 is 0 Å². The summed E-state index contributed by atoms with van der Waals surface area (Å²) < 4.78 is 6.64. The Hall–Kier alpha value is -1.81. The molecule has 19 heavy (non-hydrogen) atoms. The number of nitrogens with one attached hydrogen (secondary N) is 1. The molecule has 1 fully saturated rings. The molecular formula is C10H13N5O4. The Bertz CT molecular complexity index is 542. The fourth-order valence-corrected chi connectivity index (χ4v) is 2.00. The molecule has 9 nitrogen and oxygen atoms in total. The van der Waals surface area contributed by atoms with Gasteiger partial charge in [0.1, 0.15) is 30.3 Å². The molecule has 0 radical (unpaired) electrons. The highest BCUT2D eigenvalue weighted by Crippen LogP contribution is 2.28. The largest absolute Gasteiger partial charge is 0.394 e. The van der Waals surface area contributed by atoms with Gasteiger partial charge in [-0.15, -0.1) is 5.10 Å². The molecule has 2 unspecified atom stereocenters. The van der Waals surface area contributed by atoms with Gasteiger partial charge in [0.2, 0.25) is 0 Å². The van der Waals surface area contributed by atoms with Crippen molar-refractivity contribution in [3.63, 3.8) is 0 Å². The van der Waals surface area contributed by atoms with Crippen molar-refractivity contribution < 1.29 is 20.1 Å². The Balaban J connectivity index is 1.84. The first-order valence-electron chi connectivity index (χ1n) is 5.74. The number of aliphatic hydroxyl groups excluding tert-OH is 3. The Labute approximate surface area is 107 Å². The molecule has 3 heterocycles. The molecule has 1 aliphatic rings. The van der Waals surface area contributed by atoms with Crippen LogP contribution in [-0.4, -0.2) is 65.2 Å². The van der Waals surface area contributed by atoms with Crippen molar-refractivity contribution >= 4 is 0 Å². The molecule has 0 aliphatic carbocycles. The smallest absolute Gasteiger partial charge is 0.199 e. The molecule has 0 aromatic carbocycles. The Morgan fingerprint density at radius 3 is 2.84 bits per heavy atom. The molecule has 0 bridgehead atoms. The molecule has 1 saturated heterocycles. The molecule has 102 valence electrons. The van der Waals surface area contributed by atoms with Gasteiger partial charge in [0, 0.05) is 6.20 Å². The van der Waals surface area contributed by atoms with Crippen LogP contribution in [0.4, 0.5) is 0 Å². The summed E-state index contributed by atoms with van der Waals surface area (Å²) in [5, 5.41) is 39.2. The van der Waals surface area contributed by atoms with Gasteiger partial charge in [0.05, 0.1) is 6.61 Å². The first-order chi connectivity index (χ1) is 9.20. The minimum Gasteiger partial charge on any atom is -0.394 e. The maximum atomic E-state index is 9.86. The Morgan fingerprint density at radius 1 is 1.37 bits per heavy atom. The number of H-pyrrole nitrogens is 1. The first-order valence-corrected chi connectivity index (χ1v) is 5.74. The Kier molecular flexibility index (Phi) is 3.03. The Morgan fingerprint density at radius 2 is 2.21 bits per heavy atom. The van der Waals surface area contributed by atoms with Gasteiger partial charge in [0.15, 0.2) is 12.1 Å². The van der Waals surface area contributed by atoms with Crippen LogP contribution >= 0.6 is 0 Å². The zero-order valence-electron chi connectivity index (χ0n) is 9.79. The summed E-state index contributed by atoms with van der Waals surface area (Å²) in [5.41, 5.74) is 0.630. The van der Waals surface area contributed by atoms with E-state index >= 15 is 0 Å². The number of hydrogen-bond donors (Lipinski definition) is 4. The summed E-state index contributed by atoms with van der Waals surface area (Å²) in [7, 11) is 0. The number of aromatic amines is 1. The van der Waals surface area contributed by atoms with E-state index in [1.807, 2.05) is 0 Å². The zero-order valence-corrected chi connectivity index (χ0v) is 9.79. The lowest BCUT2D eigenvalue weighted by Gasteiger charge is -2.13. The second-order valence-corrected chi connectivity index (χ2v) is 4.25. The van der Waals surface area contributed by atoms with Gasteiger partial charge in [-0.05, 0) is 6.07 Å². The standard InChI is InChI=1S/C10H13N5O4/c16-3-6-7(17)8(18)10(19-6)15-4-11-9(14-15)5-1-2-12-13-5/h1-2,4,6-8,10,16-18H,3H2,(H,12,13)/t6-,7?,8?,10-/m1/s1. The highest BCUT2D eigenvalue weighted by atomic mass is 16.6. The SMILES string of the molecule is OC[C@H]1O[C@@H](n2cnc(-c3ccn[nH]3)n2)C(O)C1O. The predicted molar refractivity (Wildman–Crippen MR) is 60.6 cm³/mol. The third-order valence-electron chi connectivity index (χ3n) is 3.03. The normalized spacial score (nSPS) is 30.9. The van der Waals surface area contributed by atoms with Crippen LogP contribution in [0.3, 0.4) is 0 Å². The van der Waals surface area contributed by atoms with E-state index in [2.05, 4.69) is 20.3 Å². The van der Waals surface area contributed by atoms with Crippen LogP contribution in [0.25, 0.3) is 11.5 Å². The number of ether oxygens (including phenoxy) is 1. The predicted octanol–water partition coefficient (Wildman–Crippen LogP) is -1.72. The third kappa shape index (κ3) is 2.02. The average Bonchev–Trinajstić information content (AvgIpc) is 3.12. The maximum Gasteiger partial charge on any atom is 0.199 e. The van der Waals surface area contributed by atoms with Crippen LogP contribution in [0.1, 0.15) is 6.23 Å². The van der Waals surface area contributed by atoms with Gasteiger partial charge in [-0.3, -0.25) is 5.10 Å². The minimum absolute atomic E-state index is 0.378. The number of nitrogens with zero attached hydrogens (tertiary/aromatic N) is 4. The van der Waals surface area contributed by atoms with Crippen molar-refractivity contribution in [2.24, 2.45) is 0 Å². The monoisotopic (exact) mass is 267 g/mol. The summed E-state index contributed by atoms with van der Waals surface area (Å²) >= 11 is 0. The van der Waals surface area contributed by atoms with E-state index in [4.69, 9.17) is 9.84 Å². The first kappa shape index (κ1) is 12.2. The van der Waals surface area contributed by atoms with E-state index < -0.39 is 24.5 Å². The van der Waals surface area contributed by atoms with Gasteiger partial charge in [-0.2, -0.15) is 5.10 Å². The van der Waals surface area contributed by atoms with E-state index in [0.29, 0.717) is 11.5 Å². The van der Waals surface area contributed by atoms with Crippen molar-refractivity contribution in [1.29, 1.82) is 0 Å². The average molecular weight is 267 g/mol. The van der Waals surface area contributed by atoms with Crippen LogP contribution in [-0.2, 0) is 4.74 Å². The number of aliphatic hydroxyl groups is 3. The van der Waals surface area contributed by atoms with Crippen molar-refractivity contribution in [2.45, 2.75) is 24.5 Å². The molecule has 3 rings (SSSR count). The molecular weight excluding hydrogens is 254 g/mol. The summed E-state index contributed by atoms with van der Waals surface area (Å²) in [4.78, 5) is 4.06. The van der Waals surface area contributed by atoms with Gasteiger partial charge in [-0.1, -0.05) is 0 Å². The minimum atomic E-state index is -1.17. The molecule has 4 N–H and O–H groups in total. The number of aromatic nitrogens is 5. The molecule has 1 aliphatic heterocycles. The van der Waals surface area contributed by atoms with Gasteiger partial charge in [0.25, 0.3) is 0 Å². The number of rotatable bonds is 3. The van der Waals surface area contributed by atoms with Crippen molar-refractivity contribution in [1.82, 2.24) is 25.0 Å². The lowest BCUT2D eigenvalue weighted by molar-refractivity contribution is -0.0587. The van der Waals surface area contributed by atoms with Crippen LogP contribution in [0.15, 0.2) is 18.6 Å². The van der Waals surface area contributed by atoms with Gasteiger partial charge < -0.3 is 20.1 Å². The molecule has 4 atom stereocenters. The fourth-order valence-electron chi connectivity index (χ4n) is 2.00. The summed E-state index contributed by atoms with van der Waals surface area (Å²) in [6.45, 7) is -0.378. The third-order valence-corrected chi connectivity index (χ3v) is 3.03. The molecule has 0 amide bonds. The fraction of sp³-hybridized carbons (Fsp3) is 0.500. The molecule has 2 aromatic rings. The van der Waals surface area contributed by atoms with Crippen LogP contribution in [0, 0.1) is 0 Å². The van der Waals surface area contributed by atoms with E-state index in [1.54, 1.807) is 12.3 Å². The number of hydrogen-bond acceptors (Lipinski definition) is 7. The summed E-state index contributed by atoms with van der Waals surface area (Å²) in [6.07, 6.45) is -1.08. The zero-order chi connectivity index (χ0) is 13.4. The highest BCUT2D eigenvalue weighted by molar-refractivity contribution is 5.46. The van der Waals surface area contributed by atoms with E-state index in [0.717, 1.165) is 0 Å². The van der Waals surface area contributed by atoms with Gasteiger partial charge >= 0.3 is 0 Å². The highest BCUT2D eigenvalue weighted by Gasteiger charge is 2.43. The molecule has 2 aromatic heterocycles. The van der Waals surface area contributed by atoms with E-state index in [-0.39, 0.29) is 6.61 Å². The van der Waals surface area contributed by atoms with Crippen molar-refractivity contribution in [3.05, 3.63) is 18.6 Å². The lowest BCUT2D eigenvalue weighted by Crippen LogP contribution is -2.33. The van der Waals surface area contributed by atoms with E-state index in [1.165, 1.54) is 11.0 Å². The lowest BCUT2D eigenvalue weighted by atomic mass is 10.1. The molecule has 0 saturated carbocycles. The molecule has 0 spiro atoms. The van der Waals surface area contributed by atoms with E-state index in [9.17, 15) is 10.2 Å². The quantitative estimate of drug-likeness (QED) is 0.520. The van der Waals surface area contributed by atoms with Gasteiger partial charge in [-0.25, -0.2) is 9.67 Å². The van der Waals surface area contributed by atoms with Crippen molar-refractivity contribution in [3.8, 4) is 11.5 Å². The summed E-state index contributed by atoms with van der Waals surface area (Å²) in [5.74, 6) is 0.398.